The van der Waals surface area contributed by atoms with Crippen LogP contribution in [0.3, 0.4) is 0 Å². The number of hydrogen-bond acceptors (Lipinski definition) is 4. The Morgan fingerprint density at radius 3 is 2.48 bits per heavy atom. The van der Waals surface area contributed by atoms with Crippen LogP contribution < -0.4 is 10.4 Å². The van der Waals surface area contributed by atoms with Crippen molar-refractivity contribution in [2.45, 2.75) is 0 Å². The molecular formula is C16H9BrClN3O4. The van der Waals surface area contributed by atoms with Gasteiger partial charge in [-0.25, -0.2) is 5.01 Å². The smallest absolute Gasteiger partial charge is 0.267 e. The van der Waals surface area contributed by atoms with Crippen molar-refractivity contribution in [3.63, 3.8) is 0 Å². The zero-order valence-electron chi connectivity index (χ0n) is 12.4. The van der Waals surface area contributed by atoms with Gasteiger partial charge in [0.15, 0.2) is 0 Å². The minimum Gasteiger partial charge on any atom is -0.267 e. The van der Waals surface area contributed by atoms with E-state index in [9.17, 15) is 19.7 Å². The second kappa shape index (κ2) is 6.66. The lowest BCUT2D eigenvalue weighted by Gasteiger charge is -2.14. The lowest BCUT2D eigenvalue weighted by Crippen LogP contribution is -2.35. The summed E-state index contributed by atoms with van der Waals surface area (Å²) in [5.41, 5.74) is 2.99. The summed E-state index contributed by atoms with van der Waals surface area (Å²) in [5, 5.41) is 12.6. The number of carbonyl (C=O) groups excluding carboxylic acids is 2. The summed E-state index contributed by atoms with van der Waals surface area (Å²) in [7, 11) is 0. The van der Waals surface area contributed by atoms with Gasteiger partial charge in [-0.1, -0.05) is 17.7 Å². The van der Waals surface area contributed by atoms with E-state index in [0.29, 0.717) is 20.7 Å². The summed E-state index contributed by atoms with van der Waals surface area (Å²) < 4.78 is 0.310. The molecule has 0 bridgehead atoms. The summed E-state index contributed by atoms with van der Waals surface area (Å²) in [6, 6.07) is 10.7. The van der Waals surface area contributed by atoms with Crippen LogP contribution in [0.1, 0.15) is 5.56 Å². The number of nitrogens with zero attached hydrogens (tertiary/aromatic N) is 2. The molecule has 126 valence electrons. The first kappa shape index (κ1) is 17.1. The first-order valence-electron chi connectivity index (χ1n) is 6.93. The van der Waals surface area contributed by atoms with Crippen molar-refractivity contribution in [2.75, 3.05) is 5.01 Å². The second-order valence-corrected chi connectivity index (χ2v) is 6.37. The lowest BCUT2D eigenvalue weighted by atomic mass is 10.1. The van der Waals surface area contributed by atoms with Crippen molar-refractivity contribution >= 4 is 56.8 Å². The maximum absolute atomic E-state index is 12.5. The predicted octanol–water partition coefficient (Wildman–Crippen LogP) is 3.47. The van der Waals surface area contributed by atoms with Gasteiger partial charge < -0.3 is 0 Å². The fourth-order valence-electron chi connectivity index (χ4n) is 2.26. The van der Waals surface area contributed by atoms with Gasteiger partial charge in [0.2, 0.25) is 0 Å². The van der Waals surface area contributed by atoms with E-state index in [1.807, 2.05) is 0 Å². The Morgan fingerprint density at radius 2 is 1.84 bits per heavy atom. The quantitative estimate of drug-likeness (QED) is 0.355. The molecule has 2 amide bonds. The molecule has 0 atom stereocenters. The van der Waals surface area contributed by atoms with Crippen LogP contribution in [0.5, 0.6) is 0 Å². The molecule has 0 saturated carbocycles. The second-order valence-electron chi connectivity index (χ2n) is 5.08. The molecule has 2 aromatic rings. The molecular weight excluding hydrogens is 414 g/mol. The van der Waals surface area contributed by atoms with E-state index < -0.39 is 16.7 Å². The number of anilines is 1. The van der Waals surface area contributed by atoms with Crippen LogP contribution in [0.15, 0.2) is 52.5 Å². The number of nitro groups is 1. The van der Waals surface area contributed by atoms with Crippen LogP contribution in [0.4, 0.5) is 11.4 Å². The Kier molecular flexibility index (Phi) is 4.56. The van der Waals surface area contributed by atoms with Crippen LogP contribution in [0.25, 0.3) is 6.08 Å². The first-order chi connectivity index (χ1) is 11.9. The van der Waals surface area contributed by atoms with Gasteiger partial charge in [0.05, 0.1) is 15.1 Å². The topological polar surface area (TPSA) is 92.6 Å². The van der Waals surface area contributed by atoms with Gasteiger partial charge in [0, 0.05) is 11.1 Å². The highest BCUT2D eigenvalue weighted by atomic mass is 79.9. The zero-order chi connectivity index (χ0) is 18.1. The number of benzene rings is 2. The molecule has 1 aliphatic heterocycles. The van der Waals surface area contributed by atoms with Gasteiger partial charge >= 0.3 is 0 Å². The monoisotopic (exact) mass is 421 g/mol. The zero-order valence-corrected chi connectivity index (χ0v) is 14.7. The Bertz CT molecular complexity index is 927. The minimum atomic E-state index is -0.592. The third-order valence-electron chi connectivity index (χ3n) is 3.45. The molecule has 2 aromatic carbocycles. The maximum Gasteiger partial charge on any atom is 0.284 e. The number of halogens is 2. The van der Waals surface area contributed by atoms with Crippen molar-refractivity contribution in [2.24, 2.45) is 0 Å². The number of carbonyl (C=O) groups is 2. The molecule has 1 fully saturated rings. The van der Waals surface area contributed by atoms with Crippen LogP contribution in [0, 0.1) is 10.1 Å². The summed E-state index contributed by atoms with van der Waals surface area (Å²) in [5.74, 6) is -1.15. The van der Waals surface area contributed by atoms with Crippen molar-refractivity contribution in [1.29, 1.82) is 0 Å². The molecule has 0 aromatic heterocycles. The normalized spacial score (nSPS) is 15.6. The summed E-state index contributed by atoms with van der Waals surface area (Å²) in [4.78, 5) is 35.0. The number of rotatable bonds is 3. The van der Waals surface area contributed by atoms with E-state index >= 15 is 0 Å². The van der Waals surface area contributed by atoms with E-state index in [0.717, 1.165) is 5.01 Å². The number of nitrogens with one attached hydrogen (secondary N) is 1. The fourth-order valence-corrected chi connectivity index (χ4v) is 2.77. The molecule has 0 radical (unpaired) electrons. The predicted molar refractivity (Wildman–Crippen MR) is 95.9 cm³/mol. The van der Waals surface area contributed by atoms with E-state index in [-0.39, 0.29) is 11.3 Å². The first-order valence-corrected chi connectivity index (χ1v) is 8.10. The molecule has 1 heterocycles. The SMILES string of the molecule is O=C1NN(c2ccc(Cl)cc2)C(=O)/C1=C/c1ccc(Br)c([N+](=O)[O-])c1. The molecule has 3 rings (SSSR count). The van der Waals surface area contributed by atoms with Gasteiger partial charge in [0.1, 0.15) is 5.57 Å². The molecule has 1 aliphatic rings. The maximum atomic E-state index is 12.5. The average molecular weight is 423 g/mol. The molecule has 9 heteroatoms. The van der Waals surface area contributed by atoms with Crippen molar-refractivity contribution in [1.82, 2.24) is 5.43 Å². The van der Waals surface area contributed by atoms with Crippen LogP contribution in [0.2, 0.25) is 5.02 Å². The molecule has 0 spiro atoms. The number of nitro benzene ring substituents is 1. The summed E-state index contributed by atoms with van der Waals surface area (Å²) >= 11 is 8.90. The third-order valence-corrected chi connectivity index (χ3v) is 4.38. The fraction of sp³-hybridized carbons (Fsp3) is 0. The van der Waals surface area contributed by atoms with Gasteiger partial charge in [-0.3, -0.25) is 25.1 Å². The Hall–Kier alpha value is -2.71. The Balaban J connectivity index is 1.95. The van der Waals surface area contributed by atoms with Crippen LogP contribution in [-0.4, -0.2) is 16.7 Å². The van der Waals surface area contributed by atoms with Crippen LogP contribution >= 0.6 is 27.5 Å². The molecule has 1 saturated heterocycles. The van der Waals surface area contributed by atoms with Gasteiger partial charge in [-0.05, 0) is 57.9 Å². The Labute approximate surface area is 155 Å². The van der Waals surface area contributed by atoms with E-state index in [4.69, 9.17) is 11.6 Å². The largest absolute Gasteiger partial charge is 0.284 e. The highest BCUT2D eigenvalue weighted by Crippen LogP contribution is 2.28. The van der Waals surface area contributed by atoms with E-state index in [1.165, 1.54) is 18.2 Å². The number of hydrogen-bond donors (Lipinski definition) is 1. The summed E-state index contributed by atoms with van der Waals surface area (Å²) in [6.07, 6.45) is 1.31. The van der Waals surface area contributed by atoms with Crippen molar-refractivity contribution in [3.05, 3.63) is 73.2 Å². The van der Waals surface area contributed by atoms with Crippen molar-refractivity contribution < 1.29 is 14.5 Å². The minimum absolute atomic E-state index is 0.119. The average Bonchev–Trinajstić information content (AvgIpc) is 2.85. The standard InChI is InChI=1S/C16H9BrClN3O4/c17-13-6-1-9(8-14(13)21(24)25)7-12-15(22)19-20(16(12)23)11-4-2-10(18)3-5-11/h1-8H,(H,19,22)/b12-7+. The summed E-state index contributed by atoms with van der Waals surface area (Å²) in [6.45, 7) is 0. The van der Waals surface area contributed by atoms with Gasteiger partial charge in [-0.15, -0.1) is 0 Å². The third kappa shape index (κ3) is 3.40. The van der Waals surface area contributed by atoms with Crippen LogP contribution in [-0.2, 0) is 9.59 Å². The van der Waals surface area contributed by atoms with Gasteiger partial charge in [0.25, 0.3) is 17.5 Å². The molecule has 25 heavy (non-hydrogen) atoms. The highest BCUT2D eigenvalue weighted by molar-refractivity contribution is 9.10. The molecule has 7 nitrogen and oxygen atoms in total. The van der Waals surface area contributed by atoms with E-state index in [2.05, 4.69) is 21.4 Å². The lowest BCUT2D eigenvalue weighted by molar-refractivity contribution is -0.385. The molecule has 0 unspecified atom stereocenters. The number of amides is 2. The van der Waals surface area contributed by atoms with E-state index in [1.54, 1.807) is 30.3 Å². The number of hydrazine groups is 1. The molecule has 0 aliphatic carbocycles. The molecule has 1 N–H and O–H groups in total. The highest BCUT2D eigenvalue weighted by Gasteiger charge is 2.34. The Morgan fingerprint density at radius 1 is 1.16 bits per heavy atom. The van der Waals surface area contributed by atoms with Gasteiger partial charge in [-0.2, -0.15) is 0 Å². The van der Waals surface area contributed by atoms with Crippen molar-refractivity contribution in [3.8, 4) is 0 Å².